The van der Waals surface area contributed by atoms with Crippen molar-refractivity contribution in [1.29, 1.82) is 0 Å². The Balaban J connectivity index is 2.01. The average molecular weight is 405 g/mol. The Morgan fingerprint density at radius 1 is 1.20 bits per heavy atom. The molecule has 1 N–H and O–H groups in total. The molecule has 11 heteroatoms. The first-order valence-corrected chi connectivity index (χ1v) is 7.63. The van der Waals surface area contributed by atoms with E-state index in [1.807, 2.05) is 0 Å². The van der Waals surface area contributed by atoms with Crippen molar-refractivity contribution in [2.75, 3.05) is 11.9 Å². The van der Waals surface area contributed by atoms with E-state index in [4.69, 9.17) is 39.5 Å². The van der Waals surface area contributed by atoms with Gasteiger partial charge in [0.05, 0.1) is 25.6 Å². The van der Waals surface area contributed by atoms with E-state index in [0.29, 0.717) is 0 Å². The molecule has 2 aromatic rings. The molecule has 2 rings (SSSR count). The van der Waals surface area contributed by atoms with E-state index < -0.39 is 23.4 Å². The fourth-order valence-electron chi connectivity index (χ4n) is 1.67. The fraction of sp³-hybridized carbons (Fsp3) is 0.0714. The summed E-state index contributed by atoms with van der Waals surface area (Å²) in [6.07, 6.45) is 1.28. The van der Waals surface area contributed by atoms with Gasteiger partial charge in [-0.3, -0.25) is 14.9 Å². The van der Waals surface area contributed by atoms with Crippen molar-refractivity contribution in [3.63, 3.8) is 0 Å². The number of carbonyl (C=O) groups excluding carboxylic acids is 2. The Labute approximate surface area is 155 Å². The van der Waals surface area contributed by atoms with Crippen molar-refractivity contribution in [3.05, 3.63) is 61.2 Å². The molecule has 0 saturated heterocycles. The summed E-state index contributed by atoms with van der Waals surface area (Å²) in [7, 11) is 0. The lowest BCUT2D eigenvalue weighted by Gasteiger charge is -2.08. The Hall–Kier alpha value is -2.42. The van der Waals surface area contributed by atoms with Gasteiger partial charge in [-0.25, -0.2) is 9.78 Å². The van der Waals surface area contributed by atoms with Gasteiger partial charge in [0.1, 0.15) is 0 Å². The summed E-state index contributed by atoms with van der Waals surface area (Å²) in [6.45, 7) is -0.668. The first-order valence-electron chi connectivity index (χ1n) is 6.50. The minimum absolute atomic E-state index is 0.0421. The van der Waals surface area contributed by atoms with Crippen LogP contribution in [0.3, 0.4) is 0 Å². The Morgan fingerprint density at radius 2 is 1.92 bits per heavy atom. The highest BCUT2D eigenvalue weighted by Crippen LogP contribution is 2.24. The second-order valence-electron chi connectivity index (χ2n) is 4.53. The zero-order valence-electron chi connectivity index (χ0n) is 12.2. The molecular weight excluding hydrogens is 397 g/mol. The van der Waals surface area contributed by atoms with Crippen LogP contribution in [0.5, 0.6) is 0 Å². The van der Waals surface area contributed by atoms with E-state index >= 15 is 0 Å². The molecule has 0 bridgehead atoms. The molecule has 0 radical (unpaired) electrons. The van der Waals surface area contributed by atoms with Crippen LogP contribution in [-0.4, -0.2) is 28.4 Å². The molecule has 0 aliphatic rings. The van der Waals surface area contributed by atoms with Crippen LogP contribution in [0.1, 0.15) is 10.4 Å². The molecule has 0 fully saturated rings. The van der Waals surface area contributed by atoms with Gasteiger partial charge in [0.2, 0.25) is 0 Å². The van der Waals surface area contributed by atoms with Gasteiger partial charge < -0.3 is 10.1 Å². The monoisotopic (exact) mass is 403 g/mol. The molecule has 8 nitrogen and oxygen atoms in total. The maximum absolute atomic E-state index is 11.9. The number of rotatable bonds is 5. The van der Waals surface area contributed by atoms with E-state index in [9.17, 15) is 19.7 Å². The topological polar surface area (TPSA) is 111 Å². The number of aromatic nitrogens is 1. The van der Waals surface area contributed by atoms with E-state index in [0.717, 1.165) is 12.1 Å². The van der Waals surface area contributed by atoms with Gasteiger partial charge in [0.25, 0.3) is 11.6 Å². The molecule has 0 spiro atoms. The number of anilines is 1. The number of benzene rings is 1. The number of nitrogens with one attached hydrogen (secondary N) is 1. The number of nitrogens with zero attached hydrogens (tertiary/aromatic N) is 2. The normalized spacial score (nSPS) is 10.2. The van der Waals surface area contributed by atoms with Crippen molar-refractivity contribution >= 4 is 58.2 Å². The quantitative estimate of drug-likeness (QED) is 0.461. The minimum atomic E-state index is -0.987. The van der Waals surface area contributed by atoms with Crippen LogP contribution in [0, 0.1) is 10.1 Å². The number of hydrogen-bond acceptors (Lipinski definition) is 6. The van der Waals surface area contributed by atoms with E-state index in [1.165, 1.54) is 18.3 Å². The highest BCUT2D eigenvalue weighted by Gasteiger charge is 2.18. The van der Waals surface area contributed by atoms with Crippen LogP contribution < -0.4 is 5.32 Å². The lowest BCUT2D eigenvalue weighted by Crippen LogP contribution is -2.21. The molecule has 1 aromatic carbocycles. The van der Waals surface area contributed by atoms with Crippen LogP contribution >= 0.6 is 34.8 Å². The highest BCUT2D eigenvalue weighted by atomic mass is 35.5. The fourth-order valence-corrected chi connectivity index (χ4v) is 2.29. The smallest absolute Gasteiger partial charge is 0.340 e. The van der Waals surface area contributed by atoms with Crippen LogP contribution in [-0.2, 0) is 9.53 Å². The van der Waals surface area contributed by atoms with Gasteiger partial charge in [-0.1, -0.05) is 34.8 Å². The van der Waals surface area contributed by atoms with Gasteiger partial charge in [-0.15, -0.1) is 0 Å². The van der Waals surface area contributed by atoms with Gasteiger partial charge in [-0.05, 0) is 12.1 Å². The summed E-state index contributed by atoms with van der Waals surface area (Å²) in [6, 6.07) is 4.66. The van der Waals surface area contributed by atoms with Crippen molar-refractivity contribution in [3.8, 4) is 0 Å². The van der Waals surface area contributed by atoms with Crippen molar-refractivity contribution < 1.29 is 19.2 Å². The maximum Gasteiger partial charge on any atom is 0.340 e. The summed E-state index contributed by atoms with van der Waals surface area (Å²) in [5, 5.41) is 13.4. The lowest BCUT2D eigenvalue weighted by molar-refractivity contribution is -0.384. The minimum Gasteiger partial charge on any atom is -0.452 e. The number of nitro benzene ring substituents is 1. The summed E-state index contributed by atoms with van der Waals surface area (Å²) >= 11 is 17.3. The molecule has 0 saturated carbocycles. The van der Waals surface area contributed by atoms with Crippen LogP contribution in [0.25, 0.3) is 0 Å². The third-order valence-electron chi connectivity index (χ3n) is 2.78. The molecular formula is C14H8Cl3N3O5. The first-order chi connectivity index (χ1) is 11.8. The maximum atomic E-state index is 11.9. The third kappa shape index (κ3) is 5.02. The van der Waals surface area contributed by atoms with Gasteiger partial charge in [0.15, 0.2) is 12.4 Å². The number of amides is 1. The lowest BCUT2D eigenvalue weighted by atomic mass is 10.2. The Kier molecular flexibility index (Phi) is 6.13. The molecule has 0 atom stereocenters. The largest absolute Gasteiger partial charge is 0.452 e. The second-order valence-corrected chi connectivity index (χ2v) is 5.78. The van der Waals surface area contributed by atoms with Gasteiger partial charge in [0, 0.05) is 18.3 Å². The number of nitro groups is 1. The Morgan fingerprint density at radius 3 is 2.56 bits per heavy atom. The van der Waals surface area contributed by atoms with Crippen LogP contribution in [0.15, 0.2) is 30.5 Å². The van der Waals surface area contributed by atoms with E-state index in [2.05, 4.69) is 10.3 Å². The molecule has 0 aliphatic heterocycles. The number of carbonyl (C=O) groups is 2. The van der Waals surface area contributed by atoms with Crippen LogP contribution in [0.4, 0.5) is 11.5 Å². The Bertz CT molecular complexity index is 860. The van der Waals surface area contributed by atoms with Gasteiger partial charge >= 0.3 is 5.97 Å². The molecule has 1 aromatic heterocycles. The number of non-ortho nitro benzene ring substituents is 1. The predicted octanol–water partition coefficient (Wildman–Crippen LogP) is 3.75. The van der Waals surface area contributed by atoms with Crippen molar-refractivity contribution in [1.82, 2.24) is 4.98 Å². The third-order valence-corrected chi connectivity index (χ3v) is 3.61. The molecule has 25 heavy (non-hydrogen) atoms. The zero-order chi connectivity index (χ0) is 18.6. The summed E-state index contributed by atoms with van der Waals surface area (Å²) in [5.41, 5.74) is -0.565. The van der Waals surface area contributed by atoms with Gasteiger partial charge in [-0.2, -0.15) is 0 Å². The van der Waals surface area contributed by atoms with Crippen molar-refractivity contribution in [2.24, 2.45) is 0 Å². The number of esters is 1. The molecule has 130 valence electrons. The number of hydrogen-bond donors (Lipinski definition) is 1. The number of pyridine rings is 1. The van der Waals surface area contributed by atoms with Crippen molar-refractivity contribution in [2.45, 2.75) is 0 Å². The molecule has 1 amide bonds. The molecule has 0 aliphatic carbocycles. The SMILES string of the molecule is O=C(COC(=O)c1cc([N+](=O)[O-])ccc1Cl)Nc1ncc(Cl)cc1Cl. The van der Waals surface area contributed by atoms with E-state index in [1.54, 1.807) is 0 Å². The number of ether oxygens (including phenoxy) is 1. The van der Waals surface area contributed by atoms with Crippen LogP contribution in [0.2, 0.25) is 15.1 Å². The predicted molar refractivity (Wildman–Crippen MR) is 91.3 cm³/mol. The standard InChI is InChI=1S/C14H8Cl3N3O5/c15-7-3-11(17)13(18-5-7)19-12(21)6-25-14(22)9-4-8(20(23)24)1-2-10(9)16/h1-5H,6H2,(H,18,19,21). The zero-order valence-corrected chi connectivity index (χ0v) is 14.4. The molecule has 0 unspecified atom stereocenters. The number of halogens is 3. The molecule has 1 heterocycles. The highest BCUT2D eigenvalue weighted by molar-refractivity contribution is 6.36. The summed E-state index contributed by atoms with van der Waals surface area (Å²) in [5.74, 6) is -1.66. The summed E-state index contributed by atoms with van der Waals surface area (Å²) in [4.78, 5) is 37.6. The second kappa shape index (κ2) is 8.11. The van der Waals surface area contributed by atoms with E-state index in [-0.39, 0.29) is 32.1 Å². The average Bonchev–Trinajstić information content (AvgIpc) is 2.55. The summed E-state index contributed by atoms with van der Waals surface area (Å²) < 4.78 is 4.79. The first kappa shape index (κ1) is 18.9.